The van der Waals surface area contributed by atoms with Crippen LogP contribution in [0, 0.1) is 0 Å². The monoisotopic (exact) mass is 235 g/mol. The molecule has 6 heteroatoms. The molecule has 0 radical (unpaired) electrons. The highest BCUT2D eigenvalue weighted by Gasteiger charge is 2.11. The minimum Gasteiger partial charge on any atom is -0.490 e. The summed E-state index contributed by atoms with van der Waals surface area (Å²) in [5.41, 5.74) is 8.21. The maximum Gasteiger partial charge on any atom is 0.303 e. The quantitative estimate of drug-likeness (QED) is 0.328. The van der Waals surface area contributed by atoms with E-state index >= 15 is 0 Å². The molecule has 0 aromatic heterocycles. The lowest BCUT2D eigenvalue weighted by atomic mass is 10.3. The van der Waals surface area contributed by atoms with E-state index in [0.717, 1.165) is 0 Å². The Balaban J connectivity index is 2.48. The molecule has 6 nitrogen and oxygen atoms in total. The van der Waals surface area contributed by atoms with Gasteiger partial charge in [-0.2, -0.15) is 0 Å². The highest BCUT2D eigenvalue weighted by atomic mass is 16.6. The summed E-state index contributed by atoms with van der Waals surface area (Å²) in [6.45, 7) is 1.51. The molecule has 0 aliphatic carbocycles. The smallest absolute Gasteiger partial charge is 0.303 e. The second-order valence-electron chi connectivity index (χ2n) is 3.27. The first kappa shape index (κ1) is 12.9. The number of ether oxygens (including phenoxy) is 2. The van der Waals surface area contributed by atoms with E-state index in [0.29, 0.717) is 5.75 Å². The van der Waals surface area contributed by atoms with E-state index in [1.807, 2.05) is 18.2 Å². The molecule has 0 spiro atoms. The van der Waals surface area contributed by atoms with Gasteiger partial charge in [0.05, 0.1) is 6.54 Å². The summed E-state index contributed by atoms with van der Waals surface area (Å²) in [7, 11) is 0. The fourth-order valence-electron chi connectivity index (χ4n) is 1.19. The van der Waals surface area contributed by atoms with Crippen LogP contribution in [0.2, 0.25) is 0 Å². The Hall–Kier alpha value is -2.20. The highest BCUT2D eigenvalue weighted by molar-refractivity contribution is 5.66. The van der Waals surface area contributed by atoms with E-state index < -0.39 is 12.1 Å². The van der Waals surface area contributed by atoms with Crippen molar-refractivity contribution in [2.45, 2.75) is 13.0 Å². The lowest BCUT2D eigenvalue weighted by Gasteiger charge is -2.15. The van der Waals surface area contributed by atoms with Gasteiger partial charge >= 0.3 is 5.97 Å². The first-order chi connectivity index (χ1) is 8.22. The van der Waals surface area contributed by atoms with Gasteiger partial charge in [0, 0.05) is 11.8 Å². The van der Waals surface area contributed by atoms with Crippen molar-refractivity contribution >= 4 is 5.97 Å². The van der Waals surface area contributed by atoms with Gasteiger partial charge in [-0.3, -0.25) is 4.79 Å². The zero-order valence-electron chi connectivity index (χ0n) is 9.44. The average molecular weight is 235 g/mol. The fourth-order valence-corrected chi connectivity index (χ4v) is 1.19. The van der Waals surface area contributed by atoms with Crippen LogP contribution in [0.3, 0.4) is 0 Å². The third-order valence-corrected chi connectivity index (χ3v) is 1.86. The first-order valence-corrected chi connectivity index (χ1v) is 5.08. The van der Waals surface area contributed by atoms with Crippen LogP contribution in [-0.2, 0) is 9.53 Å². The van der Waals surface area contributed by atoms with Gasteiger partial charge in [-0.15, -0.1) is 0 Å². The average Bonchev–Trinajstić information content (AvgIpc) is 2.33. The Morgan fingerprint density at radius 1 is 1.47 bits per heavy atom. The minimum absolute atomic E-state index is 0.0584. The van der Waals surface area contributed by atoms with Crippen molar-refractivity contribution < 1.29 is 14.3 Å². The third kappa shape index (κ3) is 5.44. The molecule has 0 aliphatic rings. The van der Waals surface area contributed by atoms with Crippen LogP contribution < -0.4 is 4.74 Å². The number of rotatable bonds is 6. The van der Waals surface area contributed by atoms with Gasteiger partial charge in [-0.1, -0.05) is 23.3 Å². The van der Waals surface area contributed by atoms with Gasteiger partial charge in [0.2, 0.25) is 0 Å². The summed E-state index contributed by atoms with van der Waals surface area (Å²) in [5, 5.41) is 3.36. The van der Waals surface area contributed by atoms with Crippen molar-refractivity contribution in [3.05, 3.63) is 40.8 Å². The van der Waals surface area contributed by atoms with E-state index in [-0.39, 0.29) is 13.2 Å². The van der Waals surface area contributed by atoms with Gasteiger partial charge in [-0.05, 0) is 17.7 Å². The Morgan fingerprint density at radius 2 is 2.18 bits per heavy atom. The number of carbonyl (C=O) groups excluding carboxylic acids is 1. The molecule has 0 saturated heterocycles. The molecule has 1 aromatic rings. The molecule has 0 N–H and O–H groups in total. The van der Waals surface area contributed by atoms with Crippen LogP contribution in [-0.4, -0.2) is 25.2 Å². The van der Waals surface area contributed by atoms with Gasteiger partial charge in [0.15, 0.2) is 0 Å². The van der Waals surface area contributed by atoms with Crippen LogP contribution in [0.4, 0.5) is 0 Å². The Labute approximate surface area is 98.8 Å². The number of benzene rings is 1. The number of para-hydroxylation sites is 1. The Morgan fingerprint density at radius 3 is 2.76 bits per heavy atom. The number of hydrogen-bond acceptors (Lipinski definition) is 4. The molecule has 17 heavy (non-hydrogen) atoms. The number of hydrogen-bond donors (Lipinski definition) is 0. The molecule has 0 amide bonds. The van der Waals surface area contributed by atoms with Crippen LogP contribution in [0.15, 0.2) is 35.4 Å². The molecule has 0 fully saturated rings. The maximum absolute atomic E-state index is 10.8. The molecule has 90 valence electrons. The second kappa shape index (κ2) is 7.14. The number of azide groups is 1. The van der Waals surface area contributed by atoms with Crippen LogP contribution in [0.5, 0.6) is 5.75 Å². The van der Waals surface area contributed by atoms with Gasteiger partial charge in [-0.25, -0.2) is 0 Å². The van der Waals surface area contributed by atoms with E-state index in [2.05, 4.69) is 10.0 Å². The molecule has 0 saturated carbocycles. The van der Waals surface area contributed by atoms with Crippen molar-refractivity contribution in [3.8, 4) is 5.75 Å². The lowest BCUT2D eigenvalue weighted by molar-refractivity contribution is -0.147. The maximum atomic E-state index is 10.8. The molecule has 0 aliphatic heterocycles. The molecule has 0 bridgehead atoms. The standard InChI is InChI=1S/C11H13N3O3/c1-9(15)17-11(7-13-14-12)8-16-10-5-3-2-4-6-10/h2-6,11H,7-8H2,1H3/t11-/m1/s1. The zero-order valence-corrected chi connectivity index (χ0v) is 9.44. The normalized spacial score (nSPS) is 11.1. The van der Waals surface area contributed by atoms with Gasteiger partial charge in [0.1, 0.15) is 18.5 Å². The largest absolute Gasteiger partial charge is 0.490 e. The fraction of sp³-hybridized carbons (Fsp3) is 0.364. The zero-order chi connectivity index (χ0) is 12.5. The van der Waals surface area contributed by atoms with E-state index in [1.165, 1.54) is 6.92 Å². The Kier molecular flexibility index (Phi) is 5.40. The molecular weight excluding hydrogens is 222 g/mol. The van der Waals surface area contributed by atoms with Crippen LogP contribution in [0.25, 0.3) is 10.4 Å². The molecular formula is C11H13N3O3. The summed E-state index contributed by atoms with van der Waals surface area (Å²) in [6.07, 6.45) is -0.566. The lowest BCUT2D eigenvalue weighted by Crippen LogP contribution is -2.26. The van der Waals surface area contributed by atoms with E-state index in [9.17, 15) is 4.79 Å². The van der Waals surface area contributed by atoms with Crippen molar-refractivity contribution in [1.29, 1.82) is 0 Å². The first-order valence-electron chi connectivity index (χ1n) is 5.08. The number of esters is 1. The second-order valence-corrected chi connectivity index (χ2v) is 3.27. The summed E-state index contributed by atoms with van der Waals surface area (Å²) >= 11 is 0. The molecule has 1 rings (SSSR count). The Bertz CT molecular complexity index is 398. The van der Waals surface area contributed by atoms with Gasteiger partial charge in [0.25, 0.3) is 0 Å². The summed E-state index contributed by atoms with van der Waals surface area (Å²) < 4.78 is 10.4. The van der Waals surface area contributed by atoms with Gasteiger partial charge < -0.3 is 9.47 Å². The summed E-state index contributed by atoms with van der Waals surface area (Å²) in [5.74, 6) is 0.241. The van der Waals surface area contributed by atoms with Crippen molar-refractivity contribution in [1.82, 2.24) is 0 Å². The summed E-state index contributed by atoms with van der Waals surface area (Å²) in [6, 6.07) is 9.13. The van der Waals surface area contributed by atoms with Crippen molar-refractivity contribution in [3.63, 3.8) is 0 Å². The highest BCUT2D eigenvalue weighted by Crippen LogP contribution is 2.09. The number of nitrogens with zero attached hydrogens (tertiary/aromatic N) is 3. The SMILES string of the molecule is CC(=O)O[C@H](CN=[N+]=[N-])COc1ccccc1. The summed E-state index contributed by atoms with van der Waals surface area (Å²) in [4.78, 5) is 13.4. The third-order valence-electron chi connectivity index (χ3n) is 1.86. The molecule has 0 heterocycles. The van der Waals surface area contributed by atoms with E-state index in [4.69, 9.17) is 15.0 Å². The van der Waals surface area contributed by atoms with Crippen LogP contribution >= 0.6 is 0 Å². The van der Waals surface area contributed by atoms with Crippen molar-refractivity contribution in [2.24, 2.45) is 5.11 Å². The predicted molar refractivity (Wildman–Crippen MR) is 61.5 cm³/mol. The predicted octanol–water partition coefficient (Wildman–Crippen LogP) is 2.31. The van der Waals surface area contributed by atoms with E-state index in [1.54, 1.807) is 12.1 Å². The topological polar surface area (TPSA) is 84.3 Å². The molecule has 0 unspecified atom stereocenters. The molecule has 1 aromatic carbocycles. The number of carbonyl (C=O) groups is 1. The molecule has 1 atom stereocenters. The minimum atomic E-state index is -0.566. The van der Waals surface area contributed by atoms with Crippen LogP contribution in [0.1, 0.15) is 6.92 Å². The van der Waals surface area contributed by atoms with Crippen molar-refractivity contribution in [2.75, 3.05) is 13.2 Å².